The number of pyridine rings is 2. The van der Waals surface area contributed by atoms with Crippen LogP contribution in [0.25, 0.3) is 33.3 Å². The van der Waals surface area contributed by atoms with E-state index in [1.54, 1.807) is 0 Å². The number of rotatable bonds is 5. The Hall–Kier alpha value is -4.27. The number of para-hydroxylation sites is 1. The predicted octanol–water partition coefficient (Wildman–Crippen LogP) is 4.78. The van der Waals surface area contributed by atoms with Crippen LogP contribution in [0.4, 0.5) is 0 Å². The lowest BCUT2D eigenvalue weighted by Crippen LogP contribution is -2.15. The molecule has 0 saturated heterocycles. The highest BCUT2D eigenvalue weighted by molar-refractivity contribution is 5.81. The summed E-state index contributed by atoms with van der Waals surface area (Å²) in [5.41, 5.74) is 6.86. The second kappa shape index (κ2) is 9.47. The molecule has 0 aliphatic heterocycles. The summed E-state index contributed by atoms with van der Waals surface area (Å²) in [4.78, 5) is 8.78. The topological polar surface area (TPSA) is 55.6 Å². The molecule has 0 saturated carbocycles. The van der Waals surface area contributed by atoms with Gasteiger partial charge in [0.05, 0.1) is 12.1 Å². The smallest absolute Gasteiger partial charge is 0.114 e. The minimum Gasteiger partial charge on any atom is -0.318 e. The summed E-state index contributed by atoms with van der Waals surface area (Å²) in [6.07, 6.45) is 5.72. The maximum absolute atomic E-state index is 4.86. The first-order chi connectivity index (χ1) is 16.3. The van der Waals surface area contributed by atoms with Crippen molar-refractivity contribution in [3.63, 3.8) is 0 Å². The van der Waals surface area contributed by atoms with Gasteiger partial charge in [0.1, 0.15) is 11.4 Å². The van der Waals surface area contributed by atoms with Crippen molar-refractivity contribution >= 4 is 10.9 Å². The maximum Gasteiger partial charge on any atom is 0.114 e. The number of fused-ring (bicyclic) bond motifs is 1. The highest BCUT2D eigenvalue weighted by Crippen LogP contribution is 2.30. The van der Waals surface area contributed by atoms with Gasteiger partial charge in [-0.2, -0.15) is 5.10 Å². The number of likely N-dealkylation sites (N-methyl/N-ethyl adjacent to an activating group) is 1. The minimum absolute atomic E-state index is 0.765. The lowest BCUT2D eigenvalue weighted by Gasteiger charge is -2.03. The number of hydrogen-bond acceptors (Lipinski definition) is 4. The van der Waals surface area contributed by atoms with Crippen LogP contribution in [0.15, 0.2) is 91.4 Å². The van der Waals surface area contributed by atoms with E-state index < -0.39 is 0 Å². The van der Waals surface area contributed by atoms with Crippen LogP contribution in [0.1, 0.15) is 11.3 Å². The molecule has 0 unspecified atom stereocenters. The minimum atomic E-state index is 0.765. The van der Waals surface area contributed by atoms with Crippen molar-refractivity contribution < 1.29 is 0 Å². The van der Waals surface area contributed by atoms with Gasteiger partial charge in [0.15, 0.2) is 0 Å². The zero-order valence-corrected chi connectivity index (χ0v) is 18.4. The summed E-state index contributed by atoms with van der Waals surface area (Å²) >= 11 is 0. The van der Waals surface area contributed by atoms with Gasteiger partial charge < -0.3 is 5.32 Å². The van der Waals surface area contributed by atoms with Gasteiger partial charge >= 0.3 is 0 Å². The van der Waals surface area contributed by atoms with Gasteiger partial charge in [-0.15, -0.1) is 0 Å². The molecule has 0 fully saturated rings. The molecular formula is C28H23N5. The highest BCUT2D eigenvalue weighted by atomic mass is 15.3. The van der Waals surface area contributed by atoms with Crippen molar-refractivity contribution in [1.82, 2.24) is 25.1 Å². The van der Waals surface area contributed by atoms with Crippen molar-refractivity contribution in [3.8, 4) is 34.2 Å². The fourth-order valence-electron chi connectivity index (χ4n) is 3.70. The number of hydrogen-bond donors (Lipinski definition) is 1. The zero-order valence-electron chi connectivity index (χ0n) is 18.4. The Labute approximate surface area is 193 Å². The van der Waals surface area contributed by atoms with Crippen molar-refractivity contribution in [2.75, 3.05) is 13.6 Å². The lowest BCUT2D eigenvalue weighted by molar-refractivity contribution is 0.586. The highest BCUT2D eigenvalue weighted by Gasteiger charge is 2.13. The van der Waals surface area contributed by atoms with Crippen LogP contribution in [-0.4, -0.2) is 33.3 Å². The summed E-state index contributed by atoms with van der Waals surface area (Å²) in [7, 11) is 1.95. The normalized spacial score (nSPS) is 10.7. The van der Waals surface area contributed by atoms with Crippen LogP contribution in [-0.2, 0) is 6.54 Å². The Kier molecular flexibility index (Phi) is 5.92. The molecule has 33 heavy (non-hydrogen) atoms. The molecule has 0 spiro atoms. The molecule has 5 rings (SSSR count). The van der Waals surface area contributed by atoms with Crippen LogP contribution >= 0.6 is 0 Å². The van der Waals surface area contributed by atoms with E-state index in [1.165, 1.54) is 0 Å². The van der Waals surface area contributed by atoms with Crippen LogP contribution in [0.2, 0.25) is 0 Å². The van der Waals surface area contributed by atoms with Gasteiger partial charge in [0, 0.05) is 47.2 Å². The van der Waals surface area contributed by atoms with Crippen LogP contribution in [0.3, 0.4) is 0 Å². The van der Waals surface area contributed by atoms with E-state index in [0.717, 1.165) is 57.6 Å². The largest absolute Gasteiger partial charge is 0.318 e. The molecule has 5 nitrogen and oxygen atoms in total. The second-order valence-electron chi connectivity index (χ2n) is 7.71. The third-order valence-corrected chi connectivity index (χ3v) is 5.44. The third-order valence-electron chi connectivity index (χ3n) is 5.44. The molecule has 0 radical (unpaired) electrons. The van der Waals surface area contributed by atoms with Crippen LogP contribution in [0.5, 0.6) is 0 Å². The monoisotopic (exact) mass is 429 g/mol. The van der Waals surface area contributed by atoms with E-state index in [9.17, 15) is 0 Å². The summed E-state index contributed by atoms with van der Waals surface area (Å²) in [6, 6.07) is 24.3. The molecule has 0 atom stereocenters. The Bertz CT molecular complexity index is 1440. The fraction of sp³-hybridized carbons (Fsp3) is 0.107. The first-order valence-corrected chi connectivity index (χ1v) is 10.9. The molecule has 1 N–H and O–H groups in total. The molecule has 5 heteroatoms. The van der Waals surface area contributed by atoms with E-state index in [4.69, 9.17) is 5.10 Å². The van der Waals surface area contributed by atoms with Crippen molar-refractivity contribution in [2.45, 2.75) is 6.54 Å². The van der Waals surface area contributed by atoms with E-state index >= 15 is 0 Å². The number of nitrogens with one attached hydrogen (secondary N) is 1. The Morgan fingerprint density at radius 2 is 1.67 bits per heavy atom. The first kappa shape index (κ1) is 20.6. The van der Waals surface area contributed by atoms with Crippen molar-refractivity contribution in [1.29, 1.82) is 0 Å². The average molecular weight is 430 g/mol. The van der Waals surface area contributed by atoms with E-state index in [-0.39, 0.29) is 0 Å². The van der Waals surface area contributed by atoms with E-state index in [2.05, 4.69) is 57.6 Å². The fourth-order valence-corrected chi connectivity index (χ4v) is 3.70. The van der Waals surface area contributed by atoms with Gasteiger partial charge in [-0.05, 0) is 54.9 Å². The Morgan fingerprint density at radius 1 is 0.848 bits per heavy atom. The molecular weight excluding hydrogens is 406 g/mol. The van der Waals surface area contributed by atoms with Gasteiger partial charge in [0.2, 0.25) is 0 Å². The average Bonchev–Trinajstić information content (AvgIpc) is 3.31. The molecule has 2 aromatic carbocycles. The van der Waals surface area contributed by atoms with Crippen LogP contribution < -0.4 is 5.32 Å². The van der Waals surface area contributed by atoms with Gasteiger partial charge in [-0.3, -0.25) is 9.67 Å². The maximum atomic E-state index is 4.86. The number of nitrogens with zero attached hydrogens (tertiary/aromatic N) is 4. The standard InChI is InChI=1S/C28H23N5/c1-29-18-19-33-20-26(22-14-16-30-17-15-22)28(32-33)24-9-6-21(7-10-24)8-12-25-13-11-23-4-2-3-5-27(23)31-25/h2-7,9-11,13-17,20,29H,18-19H2,1H3. The molecule has 0 bridgehead atoms. The quantitative estimate of drug-likeness (QED) is 0.409. The zero-order chi connectivity index (χ0) is 22.5. The molecule has 160 valence electrons. The molecule has 0 aliphatic carbocycles. The number of aromatic nitrogens is 4. The predicted molar refractivity (Wildman–Crippen MR) is 133 cm³/mol. The van der Waals surface area contributed by atoms with Gasteiger partial charge in [-0.1, -0.05) is 42.3 Å². The SMILES string of the molecule is CNCCn1cc(-c2ccncc2)c(-c2ccc(C#Cc3ccc4ccccc4n3)cc2)n1. The van der Waals surface area contributed by atoms with Gasteiger partial charge in [-0.25, -0.2) is 4.98 Å². The molecule has 0 aliphatic rings. The van der Waals surface area contributed by atoms with E-state index in [0.29, 0.717) is 0 Å². The lowest BCUT2D eigenvalue weighted by atomic mass is 10.0. The Morgan fingerprint density at radius 3 is 2.48 bits per heavy atom. The van der Waals surface area contributed by atoms with Crippen molar-refractivity contribution in [3.05, 3.63) is 103 Å². The summed E-state index contributed by atoms with van der Waals surface area (Å²) in [5, 5.41) is 9.15. The molecule has 3 heterocycles. The summed E-state index contributed by atoms with van der Waals surface area (Å²) in [5.74, 6) is 6.41. The van der Waals surface area contributed by atoms with E-state index in [1.807, 2.05) is 72.7 Å². The molecule has 3 aromatic heterocycles. The van der Waals surface area contributed by atoms with Gasteiger partial charge in [0.25, 0.3) is 0 Å². The van der Waals surface area contributed by atoms with Crippen molar-refractivity contribution in [2.24, 2.45) is 0 Å². The summed E-state index contributed by atoms with van der Waals surface area (Å²) in [6.45, 7) is 1.66. The Balaban J connectivity index is 1.43. The molecule has 5 aromatic rings. The van der Waals surface area contributed by atoms with Crippen LogP contribution in [0, 0.1) is 11.8 Å². The number of benzene rings is 2. The summed E-state index contributed by atoms with van der Waals surface area (Å²) < 4.78 is 1.99. The molecule has 0 amide bonds. The third kappa shape index (κ3) is 4.67. The first-order valence-electron chi connectivity index (χ1n) is 10.9. The second-order valence-corrected chi connectivity index (χ2v) is 7.71.